The molecule has 0 aliphatic rings. The third kappa shape index (κ3) is 3.33. The second kappa shape index (κ2) is 7.16. The van der Waals surface area contributed by atoms with Crippen LogP contribution in [0.15, 0.2) is 103 Å². The second-order valence-electron chi connectivity index (χ2n) is 6.29. The Hall–Kier alpha value is -2.52. The Labute approximate surface area is 158 Å². The van der Waals surface area contributed by atoms with E-state index in [1.165, 1.54) is 37.6 Å². The van der Waals surface area contributed by atoms with Gasteiger partial charge < -0.3 is 0 Å². The van der Waals surface area contributed by atoms with E-state index in [1.807, 2.05) is 0 Å². The summed E-state index contributed by atoms with van der Waals surface area (Å²) in [6.07, 6.45) is 0. The molecule has 0 saturated heterocycles. The fourth-order valence-electron chi connectivity index (χ4n) is 3.35. The first-order chi connectivity index (χ1) is 12.3. The van der Waals surface area contributed by atoms with E-state index >= 15 is 0 Å². The average molecular weight is 312 g/mol. The molecular weight excluding hydrogens is 295 g/mol. The Kier molecular flexibility index (Phi) is 4.57. The molecular formula is C24H17Li. The Morgan fingerprint density at radius 3 is 1.16 bits per heavy atom. The monoisotopic (exact) mass is 312 g/mol. The molecule has 1 heteroatoms. The van der Waals surface area contributed by atoms with Gasteiger partial charge in [0.05, 0.1) is 0 Å². The summed E-state index contributed by atoms with van der Waals surface area (Å²) >= 11 is 2.22. The van der Waals surface area contributed by atoms with Crippen molar-refractivity contribution in [2.75, 3.05) is 0 Å². The van der Waals surface area contributed by atoms with Crippen LogP contribution in [0.3, 0.4) is 0 Å². The van der Waals surface area contributed by atoms with E-state index in [9.17, 15) is 0 Å². The fraction of sp³-hybridized carbons (Fsp3) is 0. The van der Waals surface area contributed by atoms with Crippen molar-refractivity contribution in [2.45, 2.75) is 0 Å². The van der Waals surface area contributed by atoms with Crippen LogP contribution in [0.2, 0.25) is 0 Å². The van der Waals surface area contributed by atoms with Crippen LogP contribution in [0.1, 0.15) is 0 Å². The molecule has 0 spiro atoms. The minimum atomic E-state index is 1.25. The van der Waals surface area contributed by atoms with Gasteiger partial charge in [0.2, 0.25) is 0 Å². The van der Waals surface area contributed by atoms with Crippen LogP contribution in [-0.2, 0) is 0 Å². The molecule has 114 valence electrons. The van der Waals surface area contributed by atoms with Crippen molar-refractivity contribution in [1.29, 1.82) is 0 Å². The standard InChI is InChI=1S/C24H17.Li/c1-4-10-19(11-5-1)22-16-23(20-12-6-2-7-13-20)18-24(17-22)21-14-8-3-9-15-21;/h1-17H;. The van der Waals surface area contributed by atoms with E-state index in [4.69, 9.17) is 0 Å². The number of hydrogen-bond acceptors (Lipinski definition) is 0. The van der Waals surface area contributed by atoms with Crippen molar-refractivity contribution in [1.82, 2.24) is 0 Å². The Balaban J connectivity index is 1.98. The molecule has 0 nitrogen and oxygen atoms in total. The van der Waals surface area contributed by atoms with Gasteiger partial charge in [0.25, 0.3) is 0 Å². The summed E-state index contributed by atoms with van der Waals surface area (Å²) in [7, 11) is 0. The quantitative estimate of drug-likeness (QED) is 0.439. The third-order valence-electron chi connectivity index (χ3n) is 4.68. The van der Waals surface area contributed by atoms with Gasteiger partial charge in [-0.05, 0) is 0 Å². The van der Waals surface area contributed by atoms with Crippen LogP contribution in [0, 0.1) is 0 Å². The van der Waals surface area contributed by atoms with Gasteiger partial charge >= 0.3 is 158 Å². The van der Waals surface area contributed by atoms with E-state index in [2.05, 4.69) is 121 Å². The summed E-state index contributed by atoms with van der Waals surface area (Å²) in [5, 5.41) is 0. The number of rotatable bonds is 3. The molecule has 0 amide bonds. The van der Waals surface area contributed by atoms with Crippen molar-refractivity contribution in [2.24, 2.45) is 0 Å². The first-order valence-corrected chi connectivity index (χ1v) is 8.64. The molecule has 0 atom stereocenters. The predicted molar refractivity (Wildman–Crippen MR) is 108 cm³/mol. The van der Waals surface area contributed by atoms with E-state index < -0.39 is 0 Å². The predicted octanol–water partition coefficient (Wildman–Crippen LogP) is 5.48. The van der Waals surface area contributed by atoms with Crippen molar-refractivity contribution < 1.29 is 0 Å². The first kappa shape index (κ1) is 16.0. The van der Waals surface area contributed by atoms with E-state index in [0.29, 0.717) is 0 Å². The van der Waals surface area contributed by atoms with Crippen molar-refractivity contribution in [3.63, 3.8) is 0 Å². The molecule has 0 saturated carbocycles. The summed E-state index contributed by atoms with van der Waals surface area (Å²) in [6, 6.07) is 36.5. The van der Waals surface area contributed by atoms with Crippen molar-refractivity contribution in [3.05, 3.63) is 103 Å². The van der Waals surface area contributed by atoms with Crippen LogP contribution in [-0.4, -0.2) is 17.7 Å². The molecule has 0 N–H and O–H groups in total. The molecule has 0 heterocycles. The van der Waals surface area contributed by atoms with Gasteiger partial charge in [0.15, 0.2) is 0 Å². The average Bonchev–Trinajstić information content (AvgIpc) is 2.70. The van der Waals surface area contributed by atoms with E-state index in [1.54, 1.807) is 0 Å². The Morgan fingerprint density at radius 2 is 0.760 bits per heavy atom. The Bertz CT molecular complexity index is 914. The molecule has 0 unspecified atom stereocenters. The summed E-state index contributed by atoms with van der Waals surface area (Å²) in [6.45, 7) is 0. The third-order valence-corrected chi connectivity index (χ3v) is 4.68. The van der Waals surface area contributed by atoms with Gasteiger partial charge in [-0.25, -0.2) is 0 Å². The first-order valence-electron chi connectivity index (χ1n) is 8.64. The molecule has 0 radical (unpaired) electrons. The topological polar surface area (TPSA) is 0 Å². The molecule has 4 rings (SSSR count). The molecule has 25 heavy (non-hydrogen) atoms. The normalized spacial score (nSPS) is 10.6. The van der Waals surface area contributed by atoms with Crippen LogP contribution in [0.4, 0.5) is 0 Å². The molecule has 0 aromatic heterocycles. The van der Waals surface area contributed by atoms with Crippen LogP contribution >= 0.6 is 0 Å². The van der Waals surface area contributed by atoms with Crippen LogP contribution < -0.4 is 4.24 Å². The zero-order chi connectivity index (χ0) is 17.1. The second-order valence-corrected chi connectivity index (χ2v) is 6.29. The van der Waals surface area contributed by atoms with Crippen molar-refractivity contribution >= 4 is 22.0 Å². The molecule has 0 aliphatic carbocycles. The molecule has 0 fully saturated rings. The zero-order valence-electron chi connectivity index (χ0n) is 14.3. The zero-order valence-corrected chi connectivity index (χ0v) is 14.3. The molecule has 4 aromatic carbocycles. The molecule has 0 bridgehead atoms. The molecule has 0 aliphatic heterocycles. The number of benzene rings is 4. The summed E-state index contributed by atoms with van der Waals surface area (Å²) in [4.78, 5) is 0. The maximum atomic E-state index is 2.31. The summed E-state index contributed by atoms with van der Waals surface area (Å²) < 4.78 is 1.32. The van der Waals surface area contributed by atoms with Gasteiger partial charge in [-0.2, -0.15) is 0 Å². The maximum absolute atomic E-state index is 2.31. The summed E-state index contributed by atoms with van der Waals surface area (Å²) in [5.41, 5.74) is 7.60. The SMILES string of the molecule is [Li][c]1c(-c2ccccc2)cc(-c2ccccc2)cc1-c1ccccc1. The van der Waals surface area contributed by atoms with Gasteiger partial charge in [0.1, 0.15) is 0 Å². The van der Waals surface area contributed by atoms with Gasteiger partial charge in [-0.1, -0.05) is 0 Å². The van der Waals surface area contributed by atoms with Crippen molar-refractivity contribution in [3.8, 4) is 33.4 Å². The van der Waals surface area contributed by atoms with Gasteiger partial charge in [-0.15, -0.1) is 0 Å². The van der Waals surface area contributed by atoms with Gasteiger partial charge in [0, 0.05) is 0 Å². The van der Waals surface area contributed by atoms with Crippen LogP contribution in [0.25, 0.3) is 33.4 Å². The molecule has 4 aromatic rings. The van der Waals surface area contributed by atoms with E-state index in [-0.39, 0.29) is 0 Å². The van der Waals surface area contributed by atoms with Gasteiger partial charge in [-0.3, -0.25) is 0 Å². The minimum absolute atomic E-state index is 1.25. The fourth-order valence-corrected chi connectivity index (χ4v) is 3.35. The summed E-state index contributed by atoms with van der Waals surface area (Å²) in [5.74, 6) is 0. The Morgan fingerprint density at radius 1 is 0.400 bits per heavy atom. The number of hydrogen-bond donors (Lipinski definition) is 0. The van der Waals surface area contributed by atoms with E-state index in [0.717, 1.165) is 0 Å². The van der Waals surface area contributed by atoms with Crippen LogP contribution in [0.5, 0.6) is 0 Å².